The van der Waals surface area contributed by atoms with Gasteiger partial charge in [-0.3, -0.25) is 15.0 Å². The molecule has 6 aromatic rings. The molecule has 1 saturated heterocycles. The molecule has 3 aromatic carbocycles. The zero-order valence-corrected chi connectivity index (χ0v) is 30.7. The van der Waals surface area contributed by atoms with E-state index in [9.17, 15) is 10.4 Å². The molecule has 10 nitrogen and oxygen atoms in total. The van der Waals surface area contributed by atoms with Gasteiger partial charge in [-0.15, -0.1) is 0 Å². The average molecular weight is 728 g/mol. The number of aliphatic hydroxyl groups is 1. The van der Waals surface area contributed by atoms with Crippen LogP contribution in [-0.2, 0) is 26.3 Å². The number of nitriles is 1. The normalized spacial score (nSPS) is 13.0. The molecule has 3 aromatic heterocycles. The minimum Gasteiger partial charge on any atom is -0.488 e. The lowest BCUT2D eigenvalue weighted by molar-refractivity contribution is 0.255. The number of ether oxygens (including phenoxy) is 2. The second kappa shape index (κ2) is 16.6. The summed E-state index contributed by atoms with van der Waals surface area (Å²) >= 11 is 6.72. The maximum Gasteiger partial charge on any atom is 0.142 e. The summed E-state index contributed by atoms with van der Waals surface area (Å²) < 4.78 is 14.6. The molecule has 0 aliphatic carbocycles. The Hall–Kier alpha value is -5.31. The summed E-state index contributed by atoms with van der Waals surface area (Å²) in [7, 11) is 0. The maximum atomic E-state index is 9.37. The molecule has 11 heteroatoms. The SMILES string of the molecule is Cc1c(COc2cc(OCc3cncc(C#N)c3)c(CNCO)cc2Cl)cccc1-c1cccc(-c2ccc3c(cnn3CCN3CCCC3)n2)c1C. The van der Waals surface area contributed by atoms with Crippen molar-refractivity contribution in [2.45, 2.75) is 53.0 Å². The van der Waals surface area contributed by atoms with Crippen molar-refractivity contribution in [3.8, 4) is 40.0 Å². The van der Waals surface area contributed by atoms with Crippen LogP contribution in [0.3, 0.4) is 0 Å². The van der Waals surface area contributed by atoms with Crippen LogP contribution in [-0.4, -0.2) is 56.1 Å². The summed E-state index contributed by atoms with van der Waals surface area (Å²) in [5.41, 5.74) is 11.5. The van der Waals surface area contributed by atoms with Crippen LogP contribution in [0, 0.1) is 25.2 Å². The van der Waals surface area contributed by atoms with E-state index in [1.807, 2.05) is 6.20 Å². The van der Waals surface area contributed by atoms with Gasteiger partial charge in [-0.25, -0.2) is 4.98 Å². The van der Waals surface area contributed by atoms with Crippen LogP contribution >= 0.6 is 11.6 Å². The number of fused-ring (bicyclic) bond motifs is 1. The predicted octanol–water partition coefficient (Wildman–Crippen LogP) is 7.60. The monoisotopic (exact) mass is 727 g/mol. The van der Waals surface area contributed by atoms with Crippen LogP contribution in [0.5, 0.6) is 11.5 Å². The van der Waals surface area contributed by atoms with Gasteiger partial charge in [0.2, 0.25) is 0 Å². The number of halogens is 1. The molecule has 1 fully saturated rings. The van der Waals surface area contributed by atoms with Crippen molar-refractivity contribution in [3.05, 3.63) is 124 Å². The topological polar surface area (TPSA) is 121 Å². The van der Waals surface area contributed by atoms with Crippen molar-refractivity contribution in [1.29, 1.82) is 5.26 Å². The molecule has 0 radical (unpaired) electrons. The summed E-state index contributed by atoms with van der Waals surface area (Å²) in [6, 6.07) is 24.3. The van der Waals surface area contributed by atoms with E-state index in [0.717, 1.165) is 74.3 Å². The number of likely N-dealkylation sites (tertiary alicyclic amines) is 1. The maximum absolute atomic E-state index is 9.37. The lowest BCUT2D eigenvalue weighted by Gasteiger charge is -2.18. The summed E-state index contributed by atoms with van der Waals surface area (Å²) in [6.45, 7) is 9.13. The standard InChI is InChI=1S/C42H42ClN7O3/c1-28-32(26-53-42-19-41(33(18-37(42)43)23-46-27-51)52-25-31-17-30(20-44)21-45-22-31)7-5-8-34(28)35-9-6-10-36(29(35)2)38-11-12-40-39(48-38)24-47-50(40)16-15-49-13-3-4-14-49/h5-12,17-19,21-22,24,46,51H,3-4,13-16,23,25-27H2,1-2H3. The number of hydrogen-bond donors (Lipinski definition) is 2. The molecule has 270 valence electrons. The van der Waals surface area contributed by atoms with Crippen molar-refractivity contribution >= 4 is 22.6 Å². The Kier molecular flexibility index (Phi) is 11.3. The third kappa shape index (κ3) is 8.19. The van der Waals surface area contributed by atoms with Gasteiger partial charge in [0.15, 0.2) is 0 Å². The number of aliphatic hydroxyl groups excluding tert-OH is 1. The molecule has 0 atom stereocenters. The van der Waals surface area contributed by atoms with E-state index < -0.39 is 0 Å². The number of rotatable bonds is 14. The first-order chi connectivity index (χ1) is 25.9. The van der Waals surface area contributed by atoms with Gasteiger partial charge in [-0.1, -0.05) is 48.0 Å². The van der Waals surface area contributed by atoms with Crippen molar-refractivity contribution in [3.63, 3.8) is 0 Å². The third-order valence-electron chi connectivity index (χ3n) is 9.92. The van der Waals surface area contributed by atoms with Gasteiger partial charge in [0.1, 0.15) is 36.3 Å². The van der Waals surface area contributed by atoms with Gasteiger partial charge in [-0.05, 0) is 91.9 Å². The minimum absolute atomic E-state index is 0.196. The fourth-order valence-electron chi connectivity index (χ4n) is 6.97. The second-order valence-electron chi connectivity index (χ2n) is 13.3. The molecule has 0 saturated carbocycles. The second-order valence-corrected chi connectivity index (χ2v) is 13.7. The molecule has 0 spiro atoms. The quantitative estimate of drug-likeness (QED) is 0.109. The number of hydrogen-bond acceptors (Lipinski definition) is 9. The number of nitrogens with zero attached hydrogens (tertiary/aromatic N) is 6. The Balaban J connectivity index is 1.10. The molecule has 4 heterocycles. The summed E-state index contributed by atoms with van der Waals surface area (Å²) in [5, 5.41) is 26.6. The van der Waals surface area contributed by atoms with Crippen LogP contribution < -0.4 is 14.8 Å². The first-order valence-electron chi connectivity index (χ1n) is 17.9. The molecule has 0 bridgehead atoms. The molecule has 0 unspecified atom stereocenters. The number of aromatic nitrogens is 4. The molecule has 1 aliphatic rings. The Morgan fingerprint density at radius 2 is 1.62 bits per heavy atom. The molecule has 53 heavy (non-hydrogen) atoms. The van der Waals surface area contributed by atoms with E-state index >= 15 is 0 Å². The lowest BCUT2D eigenvalue weighted by atomic mass is 9.90. The van der Waals surface area contributed by atoms with Gasteiger partial charge >= 0.3 is 0 Å². The largest absolute Gasteiger partial charge is 0.488 e. The van der Waals surface area contributed by atoms with E-state index in [-0.39, 0.29) is 13.3 Å². The van der Waals surface area contributed by atoms with Gasteiger partial charge in [0.05, 0.1) is 41.3 Å². The van der Waals surface area contributed by atoms with Crippen LogP contribution in [0.15, 0.2) is 85.3 Å². The first-order valence-corrected chi connectivity index (χ1v) is 18.3. The van der Waals surface area contributed by atoms with Gasteiger partial charge < -0.3 is 19.5 Å². The fourth-order valence-corrected chi connectivity index (χ4v) is 7.21. The highest BCUT2D eigenvalue weighted by Crippen LogP contribution is 2.37. The highest BCUT2D eigenvalue weighted by Gasteiger charge is 2.17. The van der Waals surface area contributed by atoms with Gasteiger partial charge in [-0.2, -0.15) is 10.4 Å². The van der Waals surface area contributed by atoms with Crippen LogP contribution in [0.2, 0.25) is 5.02 Å². The smallest absolute Gasteiger partial charge is 0.142 e. The third-order valence-corrected chi connectivity index (χ3v) is 10.2. The van der Waals surface area contributed by atoms with E-state index in [1.54, 1.807) is 24.4 Å². The van der Waals surface area contributed by atoms with Gasteiger partial charge in [0, 0.05) is 48.2 Å². The van der Waals surface area contributed by atoms with E-state index in [1.165, 1.54) is 32.1 Å². The highest BCUT2D eigenvalue weighted by atomic mass is 35.5. The Morgan fingerprint density at radius 1 is 0.849 bits per heavy atom. The van der Waals surface area contributed by atoms with Crippen molar-refractivity contribution in [2.24, 2.45) is 0 Å². The van der Waals surface area contributed by atoms with Crippen molar-refractivity contribution in [2.75, 3.05) is 26.4 Å². The average Bonchev–Trinajstić information content (AvgIpc) is 3.86. The van der Waals surface area contributed by atoms with E-state index in [0.29, 0.717) is 35.2 Å². The lowest BCUT2D eigenvalue weighted by Crippen LogP contribution is -2.24. The molecule has 7 rings (SSSR count). The summed E-state index contributed by atoms with van der Waals surface area (Å²) in [4.78, 5) is 11.7. The summed E-state index contributed by atoms with van der Waals surface area (Å²) in [6.07, 6.45) is 7.62. The first kappa shape index (κ1) is 36.1. The highest BCUT2D eigenvalue weighted by molar-refractivity contribution is 6.32. The zero-order chi connectivity index (χ0) is 36.7. The van der Waals surface area contributed by atoms with E-state index in [2.05, 4.69) is 93.4 Å². The van der Waals surface area contributed by atoms with Crippen molar-refractivity contribution < 1.29 is 14.6 Å². The van der Waals surface area contributed by atoms with Crippen LogP contribution in [0.1, 0.15) is 46.2 Å². The number of pyridine rings is 2. The molecule has 1 aliphatic heterocycles. The summed E-state index contributed by atoms with van der Waals surface area (Å²) in [5.74, 6) is 1.02. The number of benzene rings is 3. The van der Waals surface area contributed by atoms with Gasteiger partial charge in [0.25, 0.3) is 0 Å². The Labute approximate surface area is 314 Å². The number of nitrogens with one attached hydrogen (secondary N) is 1. The Morgan fingerprint density at radius 3 is 2.43 bits per heavy atom. The zero-order valence-electron chi connectivity index (χ0n) is 30.0. The fraction of sp³-hybridized carbons (Fsp3) is 0.286. The molecular formula is C42H42ClN7O3. The van der Waals surface area contributed by atoms with Crippen LogP contribution in [0.4, 0.5) is 0 Å². The Bertz CT molecular complexity index is 2280. The predicted molar refractivity (Wildman–Crippen MR) is 207 cm³/mol. The minimum atomic E-state index is -0.197. The van der Waals surface area contributed by atoms with E-state index in [4.69, 9.17) is 26.1 Å². The molecule has 0 amide bonds. The van der Waals surface area contributed by atoms with Crippen molar-refractivity contribution in [1.82, 2.24) is 30.0 Å². The van der Waals surface area contributed by atoms with Crippen LogP contribution in [0.25, 0.3) is 33.4 Å². The molecular weight excluding hydrogens is 686 g/mol. The molecule has 2 N–H and O–H groups in total.